The van der Waals surface area contributed by atoms with Gasteiger partial charge in [0.15, 0.2) is 16.6 Å². The third kappa shape index (κ3) is 3.43. The van der Waals surface area contributed by atoms with E-state index in [9.17, 15) is 8.78 Å². The smallest absolute Gasteiger partial charge is 0.181 e. The van der Waals surface area contributed by atoms with E-state index in [1.54, 1.807) is 12.1 Å². The highest BCUT2D eigenvalue weighted by molar-refractivity contribution is 7.22. The van der Waals surface area contributed by atoms with Gasteiger partial charge >= 0.3 is 0 Å². The highest BCUT2D eigenvalue weighted by atomic mass is 32.1. The standard InChI is InChI=1S/C19H12F2N2O2S/c20-11-1-5-13(6-2-11)24-16-9-15-18(26-19(22)23-15)10-17(16)25-14-7-3-12(21)4-8-14/h1-10H,(H2,22,23). The molecule has 4 nitrogen and oxygen atoms in total. The highest BCUT2D eigenvalue weighted by Gasteiger charge is 2.13. The SMILES string of the molecule is Nc1nc2cc(Oc3ccc(F)cc3)c(Oc3ccc(F)cc3)cc2s1. The lowest BCUT2D eigenvalue weighted by molar-refractivity contribution is 0.418. The van der Waals surface area contributed by atoms with Crippen LogP contribution >= 0.6 is 11.3 Å². The normalized spacial score (nSPS) is 10.8. The first kappa shape index (κ1) is 16.3. The summed E-state index contributed by atoms with van der Waals surface area (Å²) in [7, 11) is 0. The maximum Gasteiger partial charge on any atom is 0.181 e. The summed E-state index contributed by atoms with van der Waals surface area (Å²) < 4.78 is 38.7. The molecule has 0 spiro atoms. The van der Waals surface area contributed by atoms with Crippen molar-refractivity contribution >= 4 is 26.7 Å². The minimum Gasteiger partial charge on any atom is -0.453 e. The lowest BCUT2D eigenvalue weighted by Gasteiger charge is -2.12. The Kier molecular flexibility index (Phi) is 4.14. The number of rotatable bonds is 4. The molecule has 0 radical (unpaired) electrons. The van der Waals surface area contributed by atoms with Crippen molar-refractivity contribution in [1.29, 1.82) is 0 Å². The maximum atomic E-state index is 13.1. The summed E-state index contributed by atoms with van der Waals surface area (Å²) in [6.07, 6.45) is 0. The first-order valence-electron chi connectivity index (χ1n) is 7.64. The van der Waals surface area contributed by atoms with Crippen molar-refractivity contribution in [2.24, 2.45) is 0 Å². The van der Waals surface area contributed by atoms with Crippen LogP contribution in [-0.2, 0) is 0 Å². The molecule has 0 saturated carbocycles. The summed E-state index contributed by atoms with van der Waals surface area (Å²) in [5.74, 6) is 0.981. The molecule has 0 fully saturated rings. The molecule has 1 heterocycles. The summed E-state index contributed by atoms with van der Waals surface area (Å²) >= 11 is 1.32. The number of anilines is 1. The average Bonchev–Trinajstić information content (AvgIpc) is 2.98. The van der Waals surface area contributed by atoms with Gasteiger partial charge in [-0.3, -0.25) is 0 Å². The topological polar surface area (TPSA) is 57.4 Å². The number of benzene rings is 3. The Labute approximate surface area is 151 Å². The van der Waals surface area contributed by atoms with E-state index in [2.05, 4.69) is 4.98 Å². The molecule has 0 amide bonds. The highest BCUT2D eigenvalue weighted by Crippen LogP contribution is 2.40. The van der Waals surface area contributed by atoms with Gasteiger partial charge in [0.1, 0.15) is 23.1 Å². The fourth-order valence-corrected chi connectivity index (χ4v) is 3.12. The molecule has 0 unspecified atom stereocenters. The zero-order chi connectivity index (χ0) is 18.1. The minimum absolute atomic E-state index is 0.356. The molecule has 0 bridgehead atoms. The second kappa shape index (κ2) is 6.61. The first-order valence-corrected chi connectivity index (χ1v) is 8.45. The Bertz CT molecular complexity index is 979. The number of nitrogens with zero attached hydrogens (tertiary/aromatic N) is 1. The quantitative estimate of drug-likeness (QED) is 0.498. The van der Waals surface area contributed by atoms with E-state index in [0.717, 1.165) is 4.70 Å². The first-order chi connectivity index (χ1) is 12.6. The fraction of sp³-hybridized carbons (Fsp3) is 0. The molecule has 1 aromatic heterocycles. The Balaban J connectivity index is 1.74. The number of hydrogen-bond acceptors (Lipinski definition) is 5. The number of aromatic nitrogens is 1. The molecule has 0 aliphatic carbocycles. The molecule has 7 heteroatoms. The van der Waals surface area contributed by atoms with E-state index >= 15 is 0 Å². The second-order valence-electron chi connectivity index (χ2n) is 5.43. The zero-order valence-electron chi connectivity index (χ0n) is 13.3. The fourth-order valence-electron chi connectivity index (χ4n) is 2.37. The summed E-state index contributed by atoms with van der Waals surface area (Å²) in [6, 6.07) is 14.7. The molecule has 2 N–H and O–H groups in total. The largest absolute Gasteiger partial charge is 0.453 e. The van der Waals surface area contributed by atoms with Crippen LogP contribution < -0.4 is 15.2 Å². The van der Waals surface area contributed by atoms with Crippen LogP contribution in [-0.4, -0.2) is 4.98 Å². The van der Waals surface area contributed by atoms with Gasteiger partial charge in [0.2, 0.25) is 0 Å². The van der Waals surface area contributed by atoms with Crippen molar-refractivity contribution in [3.8, 4) is 23.0 Å². The van der Waals surface area contributed by atoms with E-state index in [1.807, 2.05) is 0 Å². The number of hydrogen-bond donors (Lipinski definition) is 1. The van der Waals surface area contributed by atoms with E-state index < -0.39 is 0 Å². The zero-order valence-corrected chi connectivity index (χ0v) is 14.1. The van der Waals surface area contributed by atoms with Crippen LogP contribution in [0.4, 0.5) is 13.9 Å². The minimum atomic E-state index is -0.358. The number of fused-ring (bicyclic) bond motifs is 1. The lowest BCUT2D eigenvalue weighted by Crippen LogP contribution is -1.91. The number of thiazole rings is 1. The van der Waals surface area contributed by atoms with Crippen LogP contribution in [0.15, 0.2) is 60.7 Å². The Morgan fingerprint density at radius 2 is 1.27 bits per heavy atom. The Morgan fingerprint density at radius 1 is 0.769 bits per heavy atom. The predicted molar refractivity (Wildman–Crippen MR) is 97.0 cm³/mol. The van der Waals surface area contributed by atoms with Crippen molar-refractivity contribution in [3.05, 3.63) is 72.3 Å². The van der Waals surface area contributed by atoms with Crippen molar-refractivity contribution < 1.29 is 18.3 Å². The molecule has 0 atom stereocenters. The van der Waals surface area contributed by atoms with Crippen LogP contribution in [0.3, 0.4) is 0 Å². The molecule has 0 aliphatic heterocycles. The van der Waals surface area contributed by atoms with E-state index in [-0.39, 0.29) is 11.6 Å². The molecule has 4 rings (SSSR count). The van der Waals surface area contributed by atoms with Crippen LogP contribution in [0.25, 0.3) is 10.2 Å². The molecule has 0 aliphatic rings. The molecular formula is C19H12F2N2O2S. The van der Waals surface area contributed by atoms with E-state index in [0.29, 0.717) is 33.6 Å². The average molecular weight is 370 g/mol. The van der Waals surface area contributed by atoms with Gasteiger partial charge in [-0.1, -0.05) is 11.3 Å². The number of halogens is 2. The third-order valence-corrected chi connectivity index (χ3v) is 4.40. The van der Waals surface area contributed by atoms with E-state index in [1.165, 1.54) is 59.9 Å². The number of nitrogens with two attached hydrogens (primary N) is 1. The Hall–Kier alpha value is -3.19. The molecule has 4 aromatic rings. The van der Waals surface area contributed by atoms with Gasteiger partial charge in [0.25, 0.3) is 0 Å². The van der Waals surface area contributed by atoms with Gasteiger partial charge in [0.05, 0.1) is 10.2 Å². The van der Waals surface area contributed by atoms with Crippen LogP contribution in [0, 0.1) is 11.6 Å². The molecule has 3 aromatic carbocycles. The van der Waals surface area contributed by atoms with Gasteiger partial charge < -0.3 is 15.2 Å². The van der Waals surface area contributed by atoms with Crippen molar-refractivity contribution in [3.63, 3.8) is 0 Å². The molecule has 26 heavy (non-hydrogen) atoms. The van der Waals surface area contributed by atoms with Crippen LogP contribution in [0.2, 0.25) is 0 Å². The molecule has 0 saturated heterocycles. The van der Waals surface area contributed by atoms with Crippen molar-refractivity contribution in [1.82, 2.24) is 4.98 Å². The summed E-state index contributed by atoms with van der Waals surface area (Å²) in [5.41, 5.74) is 6.43. The van der Waals surface area contributed by atoms with Crippen LogP contribution in [0.1, 0.15) is 0 Å². The number of nitrogen functional groups attached to an aromatic ring is 1. The lowest BCUT2D eigenvalue weighted by atomic mass is 10.2. The predicted octanol–water partition coefficient (Wildman–Crippen LogP) is 5.74. The van der Waals surface area contributed by atoms with Crippen LogP contribution in [0.5, 0.6) is 23.0 Å². The molecule has 130 valence electrons. The van der Waals surface area contributed by atoms with Gasteiger partial charge in [0, 0.05) is 12.1 Å². The third-order valence-electron chi connectivity index (χ3n) is 3.55. The number of ether oxygens (including phenoxy) is 2. The van der Waals surface area contributed by atoms with Gasteiger partial charge in [-0.15, -0.1) is 0 Å². The van der Waals surface area contributed by atoms with Gasteiger partial charge in [-0.2, -0.15) is 0 Å². The Morgan fingerprint density at radius 3 is 1.81 bits per heavy atom. The summed E-state index contributed by atoms with van der Waals surface area (Å²) in [6.45, 7) is 0. The van der Waals surface area contributed by atoms with Crippen molar-refractivity contribution in [2.45, 2.75) is 0 Å². The maximum absolute atomic E-state index is 13.1. The van der Waals surface area contributed by atoms with Gasteiger partial charge in [-0.05, 0) is 48.5 Å². The summed E-state index contributed by atoms with van der Waals surface area (Å²) in [4.78, 5) is 4.24. The van der Waals surface area contributed by atoms with E-state index in [4.69, 9.17) is 15.2 Å². The van der Waals surface area contributed by atoms with Crippen molar-refractivity contribution in [2.75, 3.05) is 5.73 Å². The monoisotopic (exact) mass is 370 g/mol. The summed E-state index contributed by atoms with van der Waals surface area (Å²) in [5, 5.41) is 0.423. The van der Waals surface area contributed by atoms with Gasteiger partial charge in [-0.25, -0.2) is 13.8 Å². The second-order valence-corrected chi connectivity index (χ2v) is 6.49. The molecular weight excluding hydrogens is 358 g/mol.